The molecule has 2 aliphatic rings. The van der Waals surface area contributed by atoms with Gasteiger partial charge in [0.1, 0.15) is 5.76 Å². The first-order chi connectivity index (χ1) is 4.36. The molecule has 2 rings (SSSR count). The van der Waals surface area contributed by atoms with Gasteiger partial charge in [0, 0.05) is 6.42 Å². The van der Waals surface area contributed by atoms with Crippen molar-refractivity contribution >= 4 is 0 Å². The van der Waals surface area contributed by atoms with Gasteiger partial charge in [-0.15, -0.1) is 0 Å². The predicted molar refractivity (Wildman–Crippen MR) is 34.1 cm³/mol. The molecule has 0 radical (unpaired) electrons. The molecular formula is C7H7NO. The van der Waals surface area contributed by atoms with Crippen LogP contribution in [0.25, 0.3) is 0 Å². The molecule has 0 fully saturated rings. The Balaban J connectivity index is 2.32. The third-order valence-corrected chi connectivity index (χ3v) is 1.41. The molecule has 0 amide bonds. The van der Waals surface area contributed by atoms with Crippen molar-refractivity contribution < 1.29 is 4.74 Å². The van der Waals surface area contributed by atoms with Gasteiger partial charge in [-0.1, -0.05) is 6.08 Å². The molecule has 0 aromatic rings. The van der Waals surface area contributed by atoms with Crippen LogP contribution in [0.2, 0.25) is 0 Å². The average molecular weight is 121 g/mol. The van der Waals surface area contributed by atoms with Crippen LogP contribution in [0.1, 0.15) is 6.42 Å². The largest absolute Gasteiger partial charge is 0.444 e. The van der Waals surface area contributed by atoms with Gasteiger partial charge in [0.25, 0.3) is 0 Å². The summed E-state index contributed by atoms with van der Waals surface area (Å²) in [5, 5.41) is 2.99. The molecule has 0 aromatic heterocycles. The van der Waals surface area contributed by atoms with Crippen molar-refractivity contribution in [3.05, 3.63) is 36.1 Å². The van der Waals surface area contributed by atoms with Crippen LogP contribution in [0.3, 0.4) is 0 Å². The summed E-state index contributed by atoms with van der Waals surface area (Å²) in [4.78, 5) is 0. The van der Waals surface area contributed by atoms with Gasteiger partial charge in [-0.2, -0.15) is 0 Å². The van der Waals surface area contributed by atoms with Crippen LogP contribution in [-0.2, 0) is 4.74 Å². The summed E-state index contributed by atoms with van der Waals surface area (Å²) in [5.74, 6) is 1.64. The molecule has 2 nitrogen and oxygen atoms in total. The first-order valence-electron chi connectivity index (χ1n) is 2.90. The molecule has 0 saturated heterocycles. The molecule has 0 atom stereocenters. The smallest absolute Gasteiger partial charge is 0.190 e. The fraction of sp³-hybridized carbons (Fsp3) is 0.143. The Bertz CT molecular complexity index is 225. The molecule has 46 valence electrons. The first-order valence-corrected chi connectivity index (χ1v) is 2.90. The molecule has 1 N–H and O–H groups in total. The molecule has 9 heavy (non-hydrogen) atoms. The van der Waals surface area contributed by atoms with Crippen molar-refractivity contribution in [2.75, 3.05) is 0 Å². The molecule has 0 bridgehead atoms. The van der Waals surface area contributed by atoms with Crippen LogP contribution in [-0.4, -0.2) is 0 Å². The zero-order valence-corrected chi connectivity index (χ0v) is 4.98. The zero-order valence-electron chi connectivity index (χ0n) is 4.98. The summed E-state index contributed by atoms with van der Waals surface area (Å²) in [6.45, 7) is 3.63. The van der Waals surface area contributed by atoms with Crippen LogP contribution in [0.5, 0.6) is 0 Å². The maximum absolute atomic E-state index is 5.20. The van der Waals surface area contributed by atoms with Crippen molar-refractivity contribution in [3.63, 3.8) is 0 Å². The Morgan fingerprint density at radius 1 is 1.67 bits per heavy atom. The van der Waals surface area contributed by atoms with E-state index in [9.17, 15) is 0 Å². The number of allylic oxidation sites excluding steroid dienone is 2. The Labute approximate surface area is 53.5 Å². The van der Waals surface area contributed by atoms with E-state index in [4.69, 9.17) is 4.74 Å². The third kappa shape index (κ3) is 0.560. The molecule has 1 heterocycles. The molecule has 2 heteroatoms. The number of hydrogen-bond donors (Lipinski definition) is 1. The number of hydrogen-bond acceptors (Lipinski definition) is 2. The molecule has 0 aromatic carbocycles. The van der Waals surface area contributed by atoms with Gasteiger partial charge in [0.2, 0.25) is 0 Å². The van der Waals surface area contributed by atoms with Crippen molar-refractivity contribution in [3.8, 4) is 0 Å². The van der Waals surface area contributed by atoms with Gasteiger partial charge in [0.05, 0.1) is 5.70 Å². The quantitative estimate of drug-likeness (QED) is 0.520. The van der Waals surface area contributed by atoms with Crippen molar-refractivity contribution in [1.29, 1.82) is 0 Å². The normalized spacial score (nSPS) is 22.0. The highest BCUT2D eigenvalue weighted by Gasteiger charge is 2.18. The minimum atomic E-state index is 0.643. The minimum Gasteiger partial charge on any atom is -0.444 e. The van der Waals surface area contributed by atoms with Gasteiger partial charge < -0.3 is 10.1 Å². The van der Waals surface area contributed by atoms with Gasteiger partial charge in [0.15, 0.2) is 5.88 Å². The topological polar surface area (TPSA) is 21.3 Å². The predicted octanol–water partition coefficient (Wildman–Crippen LogP) is 1.25. The molecule has 0 unspecified atom stereocenters. The van der Waals surface area contributed by atoms with Gasteiger partial charge in [-0.25, -0.2) is 0 Å². The monoisotopic (exact) mass is 121 g/mol. The van der Waals surface area contributed by atoms with Crippen LogP contribution in [0.15, 0.2) is 36.1 Å². The number of rotatable bonds is 0. The van der Waals surface area contributed by atoms with Crippen LogP contribution >= 0.6 is 0 Å². The van der Waals surface area contributed by atoms with E-state index in [1.54, 1.807) is 0 Å². The second-order valence-electron chi connectivity index (χ2n) is 2.09. The molecule has 1 aliphatic heterocycles. The summed E-state index contributed by atoms with van der Waals surface area (Å²) >= 11 is 0. The summed E-state index contributed by atoms with van der Waals surface area (Å²) in [5.41, 5.74) is 1.07. The van der Waals surface area contributed by atoms with Crippen molar-refractivity contribution in [2.45, 2.75) is 6.42 Å². The Kier molecular flexibility index (Phi) is 0.730. The van der Waals surface area contributed by atoms with Crippen molar-refractivity contribution in [2.24, 2.45) is 0 Å². The summed E-state index contributed by atoms with van der Waals surface area (Å²) in [6, 6.07) is 0. The summed E-state index contributed by atoms with van der Waals surface area (Å²) in [7, 11) is 0. The number of ether oxygens (including phenoxy) is 1. The van der Waals surface area contributed by atoms with E-state index < -0.39 is 0 Å². The highest BCUT2D eigenvalue weighted by molar-refractivity contribution is 5.34. The van der Waals surface area contributed by atoms with Crippen molar-refractivity contribution in [1.82, 2.24) is 5.32 Å². The van der Waals surface area contributed by atoms with Crippen LogP contribution in [0.4, 0.5) is 0 Å². The Morgan fingerprint density at radius 2 is 2.56 bits per heavy atom. The lowest BCUT2D eigenvalue weighted by Crippen LogP contribution is -2.02. The van der Waals surface area contributed by atoms with E-state index in [1.807, 2.05) is 6.08 Å². The summed E-state index contributed by atoms with van der Waals surface area (Å²) in [6.07, 6.45) is 4.97. The van der Waals surface area contributed by atoms with E-state index in [1.165, 1.54) is 0 Å². The lowest BCUT2D eigenvalue weighted by atomic mass is 10.4. The minimum absolute atomic E-state index is 0.643. The van der Waals surface area contributed by atoms with E-state index >= 15 is 0 Å². The second-order valence-corrected chi connectivity index (χ2v) is 2.09. The average Bonchev–Trinajstić information content (AvgIpc) is 2.22. The van der Waals surface area contributed by atoms with Gasteiger partial charge in [-0.05, 0) is 12.7 Å². The lowest BCUT2D eigenvalue weighted by molar-refractivity contribution is 0.311. The molecular weight excluding hydrogens is 114 g/mol. The highest BCUT2D eigenvalue weighted by atomic mass is 16.5. The SMILES string of the molecule is C=C1NC2=C(CC=C2)O1. The fourth-order valence-electron chi connectivity index (χ4n) is 1.02. The van der Waals surface area contributed by atoms with E-state index in [-0.39, 0.29) is 0 Å². The standard InChI is InChI=1S/C7H7NO/c1-5-8-6-3-2-4-7(6)9-5/h2-3,8H,1,4H2. The van der Waals surface area contributed by atoms with Gasteiger partial charge >= 0.3 is 0 Å². The molecule has 0 spiro atoms. The van der Waals surface area contributed by atoms with E-state index in [0.717, 1.165) is 17.9 Å². The maximum atomic E-state index is 5.20. The summed E-state index contributed by atoms with van der Waals surface area (Å²) < 4.78 is 5.20. The van der Waals surface area contributed by atoms with E-state index in [2.05, 4.69) is 18.0 Å². The lowest BCUT2D eigenvalue weighted by Gasteiger charge is -1.97. The van der Waals surface area contributed by atoms with Crippen LogP contribution < -0.4 is 5.32 Å². The number of nitrogens with one attached hydrogen (secondary N) is 1. The molecule has 1 aliphatic carbocycles. The molecule has 0 saturated carbocycles. The van der Waals surface area contributed by atoms with Crippen LogP contribution in [0, 0.1) is 0 Å². The zero-order chi connectivity index (χ0) is 6.27. The van der Waals surface area contributed by atoms with Gasteiger partial charge in [-0.3, -0.25) is 0 Å². The highest BCUT2D eigenvalue weighted by Crippen LogP contribution is 2.25. The Hall–Kier alpha value is -1.18. The maximum Gasteiger partial charge on any atom is 0.190 e. The first kappa shape index (κ1) is 4.68. The third-order valence-electron chi connectivity index (χ3n) is 1.41. The fourth-order valence-corrected chi connectivity index (χ4v) is 1.02. The van der Waals surface area contributed by atoms with E-state index in [0.29, 0.717) is 5.88 Å². The second kappa shape index (κ2) is 1.41. The Morgan fingerprint density at radius 3 is 3.33 bits per heavy atom.